The van der Waals surface area contributed by atoms with Crippen molar-refractivity contribution in [1.29, 1.82) is 5.26 Å². The van der Waals surface area contributed by atoms with Crippen LogP contribution in [0, 0.1) is 34.9 Å². The standard InChI is InChI=1S/C32H38F2N6O2S/c1-21(2)23(19-35)17-30(41)27-18-24(33)8-11-26(27)31-28(20-40(38-31)32-29(34)5-4-12-37-32)22-6-9-25(10-7-22)39-13-15-43(42,36-3)16-14-39/h4-7,9-10,12,20-21,23-24,26-27H,8,11,13-18H2,1-3H3/t23-,24+,26-,27-/m1/s1. The van der Waals surface area contributed by atoms with Gasteiger partial charge in [-0.15, -0.1) is 0 Å². The van der Waals surface area contributed by atoms with E-state index in [2.05, 4.69) is 20.3 Å². The molecule has 0 radical (unpaired) electrons. The molecule has 0 unspecified atom stereocenters. The maximum absolute atomic E-state index is 14.8. The summed E-state index contributed by atoms with van der Waals surface area (Å²) >= 11 is 0. The lowest BCUT2D eigenvalue weighted by Crippen LogP contribution is -2.40. The van der Waals surface area contributed by atoms with Crippen molar-refractivity contribution < 1.29 is 17.8 Å². The molecule has 1 aliphatic carbocycles. The Morgan fingerprint density at radius 3 is 2.53 bits per heavy atom. The van der Waals surface area contributed by atoms with Gasteiger partial charge < -0.3 is 4.90 Å². The average Bonchev–Trinajstić information content (AvgIpc) is 3.45. The smallest absolute Gasteiger partial charge is 0.189 e. The van der Waals surface area contributed by atoms with Gasteiger partial charge in [-0.05, 0) is 55.0 Å². The molecule has 3 heterocycles. The lowest BCUT2D eigenvalue weighted by atomic mass is 9.71. The van der Waals surface area contributed by atoms with E-state index in [0.717, 1.165) is 16.8 Å². The highest BCUT2D eigenvalue weighted by atomic mass is 32.2. The predicted octanol–water partition coefficient (Wildman–Crippen LogP) is 5.97. The number of hydrogen-bond donors (Lipinski definition) is 0. The second-order valence-corrected chi connectivity index (χ2v) is 14.6. The molecule has 0 spiro atoms. The number of aromatic nitrogens is 3. The van der Waals surface area contributed by atoms with E-state index >= 15 is 0 Å². The van der Waals surface area contributed by atoms with Crippen LogP contribution >= 0.6 is 0 Å². The van der Waals surface area contributed by atoms with Gasteiger partial charge in [-0.2, -0.15) is 10.4 Å². The largest absolute Gasteiger partial charge is 0.370 e. The Morgan fingerprint density at radius 2 is 1.91 bits per heavy atom. The molecule has 1 saturated heterocycles. The second kappa shape index (κ2) is 12.9. The highest BCUT2D eigenvalue weighted by molar-refractivity contribution is 7.93. The SMILES string of the molecule is CN=S1(=O)CCN(c2ccc(-c3cn(-c4ncccc4F)nc3[C@@H]3CC[C@H](F)C[C@H]3C(=O)C[C@H](C#N)C(C)C)cc2)CC1. The van der Waals surface area contributed by atoms with Crippen LogP contribution in [-0.2, 0) is 14.5 Å². The molecule has 2 aliphatic rings. The zero-order chi connectivity index (χ0) is 30.7. The Kier molecular flexibility index (Phi) is 9.25. The van der Waals surface area contributed by atoms with Gasteiger partial charge in [0.05, 0.1) is 17.7 Å². The summed E-state index contributed by atoms with van der Waals surface area (Å²) in [7, 11) is -0.516. The maximum Gasteiger partial charge on any atom is 0.189 e. The van der Waals surface area contributed by atoms with Crippen LogP contribution in [0.2, 0.25) is 0 Å². The highest BCUT2D eigenvalue weighted by Crippen LogP contribution is 2.44. The van der Waals surface area contributed by atoms with Gasteiger partial charge >= 0.3 is 0 Å². The zero-order valence-electron chi connectivity index (χ0n) is 24.8. The normalized spacial score (nSPS) is 22.6. The summed E-state index contributed by atoms with van der Waals surface area (Å²) < 4.78 is 47.7. The lowest BCUT2D eigenvalue weighted by molar-refractivity contribution is -0.126. The molecule has 11 heteroatoms. The number of rotatable bonds is 8. The molecule has 2 aromatic heterocycles. The van der Waals surface area contributed by atoms with Crippen molar-refractivity contribution in [2.45, 2.75) is 51.6 Å². The highest BCUT2D eigenvalue weighted by Gasteiger charge is 2.40. The fourth-order valence-corrected chi connectivity index (χ4v) is 7.73. The fraction of sp³-hybridized carbons (Fsp3) is 0.500. The van der Waals surface area contributed by atoms with Crippen molar-refractivity contribution in [3.8, 4) is 23.0 Å². The predicted molar refractivity (Wildman–Crippen MR) is 164 cm³/mol. The van der Waals surface area contributed by atoms with Crippen LogP contribution in [0.4, 0.5) is 14.5 Å². The molecule has 0 N–H and O–H groups in total. The van der Waals surface area contributed by atoms with Gasteiger partial charge in [-0.25, -0.2) is 27.0 Å². The van der Waals surface area contributed by atoms with Crippen molar-refractivity contribution in [1.82, 2.24) is 14.8 Å². The van der Waals surface area contributed by atoms with Gasteiger partial charge in [0.15, 0.2) is 11.6 Å². The van der Waals surface area contributed by atoms with Crippen LogP contribution in [0.1, 0.15) is 51.1 Å². The van der Waals surface area contributed by atoms with E-state index in [1.165, 1.54) is 23.0 Å². The minimum Gasteiger partial charge on any atom is -0.370 e. The third-order valence-electron chi connectivity index (χ3n) is 8.88. The fourth-order valence-electron chi connectivity index (χ4n) is 6.15. The van der Waals surface area contributed by atoms with Gasteiger partial charge in [-0.1, -0.05) is 26.0 Å². The van der Waals surface area contributed by atoms with Gasteiger partial charge in [0.2, 0.25) is 0 Å². The molecule has 43 heavy (non-hydrogen) atoms. The van der Waals surface area contributed by atoms with E-state index in [1.54, 1.807) is 13.2 Å². The summed E-state index contributed by atoms with van der Waals surface area (Å²) in [6, 6.07) is 13.0. The van der Waals surface area contributed by atoms with Crippen molar-refractivity contribution in [2.24, 2.45) is 22.1 Å². The third-order valence-corrected chi connectivity index (χ3v) is 11.2. The maximum atomic E-state index is 14.8. The van der Waals surface area contributed by atoms with Crippen LogP contribution in [0.25, 0.3) is 16.9 Å². The number of hydrogen-bond acceptors (Lipinski definition) is 7. The van der Waals surface area contributed by atoms with Crippen LogP contribution in [0.3, 0.4) is 0 Å². The minimum absolute atomic E-state index is 0.000293. The first kappa shape index (κ1) is 30.8. The van der Waals surface area contributed by atoms with E-state index in [9.17, 15) is 23.0 Å². The molecule has 1 aromatic carbocycles. The van der Waals surface area contributed by atoms with Crippen LogP contribution in [0.5, 0.6) is 0 Å². The van der Waals surface area contributed by atoms with Crippen LogP contribution in [0.15, 0.2) is 53.2 Å². The molecule has 0 amide bonds. The van der Waals surface area contributed by atoms with E-state index in [0.29, 0.717) is 43.1 Å². The summed E-state index contributed by atoms with van der Waals surface area (Å²) in [5, 5.41) is 14.4. The van der Waals surface area contributed by atoms with E-state index in [4.69, 9.17) is 5.10 Å². The lowest BCUT2D eigenvalue weighted by Gasteiger charge is -2.33. The number of ketones is 1. The number of benzene rings is 1. The van der Waals surface area contributed by atoms with Crippen molar-refractivity contribution in [2.75, 3.05) is 36.5 Å². The monoisotopic (exact) mass is 608 g/mol. The summed E-state index contributed by atoms with van der Waals surface area (Å²) in [5.74, 6) is -1.06. The van der Waals surface area contributed by atoms with E-state index in [-0.39, 0.29) is 36.3 Å². The number of carbonyl (C=O) groups is 1. The number of alkyl halides is 1. The number of nitrogens with zero attached hydrogens (tertiary/aromatic N) is 6. The summed E-state index contributed by atoms with van der Waals surface area (Å²) in [5.41, 5.74) is 3.15. The Morgan fingerprint density at radius 1 is 1.19 bits per heavy atom. The molecule has 5 rings (SSSR count). The van der Waals surface area contributed by atoms with Crippen LogP contribution in [-0.4, -0.2) is 62.6 Å². The summed E-state index contributed by atoms with van der Waals surface area (Å²) in [6.45, 7) is 5.11. The molecule has 0 bridgehead atoms. The Balaban J connectivity index is 1.52. The molecule has 3 aromatic rings. The third kappa shape index (κ3) is 6.64. The van der Waals surface area contributed by atoms with E-state index in [1.807, 2.05) is 38.1 Å². The molecule has 228 valence electrons. The van der Waals surface area contributed by atoms with Crippen molar-refractivity contribution in [3.05, 3.63) is 60.3 Å². The molecular formula is C32H38F2N6O2S. The quantitative estimate of drug-likeness (QED) is 0.312. The molecule has 4 atom stereocenters. The topological polar surface area (TPSA) is 104 Å². The first-order valence-corrected chi connectivity index (χ1v) is 16.7. The zero-order valence-corrected chi connectivity index (χ0v) is 25.6. The minimum atomic E-state index is -2.13. The molecule has 1 aliphatic heterocycles. The number of nitriles is 1. The van der Waals surface area contributed by atoms with Gasteiger partial charge in [0, 0.05) is 83.3 Å². The number of halogens is 2. The molecule has 2 fully saturated rings. The van der Waals surface area contributed by atoms with Crippen molar-refractivity contribution >= 4 is 21.2 Å². The Hall–Kier alpha value is -3.65. The number of anilines is 1. The number of Topliss-reactive ketones (excluding diaryl/α,β-unsaturated/α-hetero) is 1. The van der Waals surface area contributed by atoms with Gasteiger partial charge in [-0.3, -0.25) is 4.79 Å². The molecule has 1 saturated carbocycles. The summed E-state index contributed by atoms with van der Waals surface area (Å²) in [4.78, 5) is 20.0. The first-order chi connectivity index (χ1) is 20.6. The Labute approximate surface area is 252 Å². The average molecular weight is 609 g/mol. The molecule has 8 nitrogen and oxygen atoms in total. The number of pyridine rings is 1. The molecular weight excluding hydrogens is 570 g/mol. The van der Waals surface area contributed by atoms with Crippen LogP contribution < -0.4 is 4.90 Å². The van der Waals surface area contributed by atoms with Gasteiger partial charge in [0.1, 0.15) is 12.0 Å². The summed E-state index contributed by atoms with van der Waals surface area (Å²) in [6.07, 6.45) is 2.96. The second-order valence-electron chi connectivity index (χ2n) is 11.9. The van der Waals surface area contributed by atoms with Gasteiger partial charge in [0.25, 0.3) is 0 Å². The first-order valence-electron chi connectivity index (χ1n) is 14.8. The van der Waals surface area contributed by atoms with E-state index < -0.39 is 33.6 Å². The van der Waals surface area contributed by atoms with Crippen molar-refractivity contribution in [3.63, 3.8) is 0 Å². The Bertz CT molecular complexity index is 1610. The number of carbonyl (C=O) groups excluding carboxylic acids is 1.